The number of hydrogen-bond donors (Lipinski definition) is 0. The van der Waals surface area contributed by atoms with E-state index in [1.54, 1.807) is 0 Å². The quantitative estimate of drug-likeness (QED) is 0.606. The molecule has 4 heteroatoms. The van der Waals surface area contributed by atoms with Gasteiger partial charge in [0.15, 0.2) is 0 Å². The molecule has 1 aromatic heterocycles. The maximum absolute atomic E-state index is 4.75. The van der Waals surface area contributed by atoms with E-state index in [2.05, 4.69) is 61.8 Å². The van der Waals surface area contributed by atoms with Crippen LogP contribution in [0.25, 0.3) is 22.2 Å². The monoisotopic (exact) mass is 373 g/mol. The fourth-order valence-corrected chi connectivity index (χ4v) is 2.94. The van der Waals surface area contributed by atoms with Crippen LogP contribution >= 0.6 is 31.5 Å². The number of halogens is 2. The SMILES string of the molecule is BrB(Br)c1ccccc1-c1ccc2ccccc2n1. The molecule has 1 heterocycles. The summed E-state index contributed by atoms with van der Waals surface area (Å²) in [6.07, 6.45) is 0. The number of para-hydroxylation sites is 1. The zero-order valence-electron chi connectivity index (χ0n) is 10.1. The van der Waals surface area contributed by atoms with Gasteiger partial charge in [-0.05, 0) is 23.2 Å². The van der Waals surface area contributed by atoms with Gasteiger partial charge in [-0.2, -0.15) is 0 Å². The number of pyridine rings is 1. The van der Waals surface area contributed by atoms with Crippen LogP contribution in [0.5, 0.6) is 0 Å². The molecule has 0 aliphatic rings. The van der Waals surface area contributed by atoms with Crippen LogP contribution in [-0.2, 0) is 0 Å². The molecule has 0 saturated carbocycles. The molecule has 0 aliphatic heterocycles. The number of fused-ring (bicyclic) bond motifs is 1. The van der Waals surface area contributed by atoms with Crippen molar-refractivity contribution in [2.45, 2.75) is 0 Å². The minimum absolute atomic E-state index is 0.129. The Balaban J connectivity index is 2.19. The van der Waals surface area contributed by atoms with Gasteiger partial charge < -0.3 is 0 Å². The van der Waals surface area contributed by atoms with Crippen molar-refractivity contribution in [1.82, 2.24) is 4.98 Å². The molecular weight excluding hydrogens is 365 g/mol. The van der Waals surface area contributed by atoms with Crippen molar-refractivity contribution in [2.24, 2.45) is 0 Å². The summed E-state index contributed by atoms with van der Waals surface area (Å²) in [6, 6.07) is 20.6. The summed E-state index contributed by atoms with van der Waals surface area (Å²) in [5.41, 5.74) is 4.35. The fourth-order valence-electron chi connectivity index (χ4n) is 2.14. The average Bonchev–Trinajstić information content (AvgIpc) is 2.46. The fraction of sp³-hybridized carbons (Fsp3) is 0. The van der Waals surface area contributed by atoms with Crippen LogP contribution < -0.4 is 5.46 Å². The molecule has 0 unspecified atom stereocenters. The van der Waals surface area contributed by atoms with Crippen LogP contribution in [0.15, 0.2) is 60.7 Å². The number of nitrogens with zero attached hydrogens (tertiary/aromatic N) is 1. The molecule has 19 heavy (non-hydrogen) atoms. The summed E-state index contributed by atoms with van der Waals surface area (Å²) in [6.45, 7) is 0. The molecule has 0 spiro atoms. The van der Waals surface area contributed by atoms with Crippen molar-refractivity contribution in [3.8, 4) is 11.3 Å². The maximum atomic E-state index is 4.75. The summed E-state index contributed by atoms with van der Waals surface area (Å²) < 4.78 is 0.129. The minimum Gasteiger partial charge on any atom is -0.248 e. The summed E-state index contributed by atoms with van der Waals surface area (Å²) in [7, 11) is 0. The second kappa shape index (κ2) is 5.47. The molecule has 1 nitrogen and oxygen atoms in total. The van der Waals surface area contributed by atoms with Gasteiger partial charge in [-0.3, -0.25) is 0 Å². The van der Waals surface area contributed by atoms with E-state index >= 15 is 0 Å². The average molecular weight is 375 g/mol. The molecule has 0 saturated heterocycles. The summed E-state index contributed by atoms with van der Waals surface area (Å²) in [4.78, 5) is 4.75. The van der Waals surface area contributed by atoms with Gasteiger partial charge in [-0.1, -0.05) is 48.5 Å². The van der Waals surface area contributed by atoms with Gasteiger partial charge >= 0.3 is 4.36 Å². The van der Waals surface area contributed by atoms with E-state index in [1.807, 2.05) is 30.3 Å². The molecule has 0 fully saturated rings. The van der Waals surface area contributed by atoms with Crippen molar-refractivity contribution in [2.75, 3.05) is 0 Å². The molecule has 0 amide bonds. The van der Waals surface area contributed by atoms with Gasteiger partial charge in [0.25, 0.3) is 0 Å². The highest BCUT2D eigenvalue weighted by atomic mass is 79.9. The summed E-state index contributed by atoms with van der Waals surface area (Å²) in [5.74, 6) is 0. The molecule has 3 aromatic rings. The summed E-state index contributed by atoms with van der Waals surface area (Å²) >= 11 is 7.14. The van der Waals surface area contributed by atoms with Crippen molar-refractivity contribution >= 4 is 52.2 Å². The largest absolute Gasteiger partial charge is 0.330 e. The Hall–Kier alpha value is -1.13. The number of aromatic nitrogens is 1. The molecule has 0 bridgehead atoms. The third-order valence-electron chi connectivity index (χ3n) is 3.07. The predicted molar refractivity (Wildman–Crippen MR) is 90.4 cm³/mol. The minimum atomic E-state index is 0.129. The lowest BCUT2D eigenvalue weighted by Crippen LogP contribution is -2.19. The van der Waals surface area contributed by atoms with Crippen molar-refractivity contribution in [3.63, 3.8) is 0 Å². The van der Waals surface area contributed by atoms with E-state index in [9.17, 15) is 0 Å². The van der Waals surface area contributed by atoms with Gasteiger partial charge in [0.05, 0.1) is 11.2 Å². The van der Waals surface area contributed by atoms with E-state index in [0.29, 0.717) is 0 Å². The first kappa shape index (κ1) is 12.9. The second-order valence-electron chi connectivity index (χ2n) is 4.28. The normalized spacial score (nSPS) is 10.6. The molecule has 0 radical (unpaired) electrons. The molecule has 0 aliphatic carbocycles. The highest BCUT2D eigenvalue weighted by Gasteiger charge is 2.14. The van der Waals surface area contributed by atoms with E-state index < -0.39 is 0 Å². The Kier molecular flexibility index (Phi) is 3.71. The molecule has 3 rings (SSSR count). The Bertz CT molecular complexity index is 728. The third kappa shape index (κ3) is 2.60. The Morgan fingerprint density at radius 3 is 2.37 bits per heavy atom. The number of rotatable bonds is 2. The highest BCUT2D eigenvalue weighted by molar-refractivity contribution is 9.49. The van der Waals surface area contributed by atoms with Crippen LogP contribution in [0.1, 0.15) is 0 Å². The van der Waals surface area contributed by atoms with Crippen LogP contribution in [-0.4, -0.2) is 9.34 Å². The first-order chi connectivity index (χ1) is 9.25. The van der Waals surface area contributed by atoms with Crippen LogP contribution in [0.4, 0.5) is 0 Å². The third-order valence-corrected chi connectivity index (χ3v) is 4.06. The van der Waals surface area contributed by atoms with E-state index in [1.165, 1.54) is 5.46 Å². The highest BCUT2D eigenvalue weighted by Crippen LogP contribution is 2.21. The second-order valence-corrected chi connectivity index (χ2v) is 7.34. The van der Waals surface area contributed by atoms with Crippen molar-refractivity contribution in [1.29, 1.82) is 0 Å². The van der Waals surface area contributed by atoms with E-state index in [4.69, 9.17) is 4.98 Å². The van der Waals surface area contributed by atoms with Gasteiger partial charge in [-0.15, -0.1) is 31.5 Å². The topological polar surface area (TPSA) is 12.9 Å². The maximum Gasteiger partial charge on any atom is 0.330 e. The summed E-state index contributed by atoms with van der Waals surface area (Å²) in [5, 5.41) is 1.16. The van der Waals surface area contributed by atoms with Gasteiger partial charge in [0.1, 0.15) is 0 Å². The van der Waals surface area contributed by atoms with Crippen LogP contribution in [0.2, 0.25) is 0 Å². The first-order valence-electron chi connectivity index (χ1n) is 5.99. The molecule has 2 aromatic carbocycles. The van der Waals surface area contributed by atoms with Gasteiger partial charge in [0.2, 0.25) is 0 Å². The number of benzene rings is 2. The van der Waals surface area contributed by atoms with Crippen LogP contribution in [0.3, 0.4) is 0 Å². The smallest absolute Gasteiger partial charge is 0.248 e. The lowest BCUT2D eigenvalue weighted by atomic mass is 9.88. The van der Waals surface area contributed by atoms with Crippen molar-refractivity contribution < 1.29 is 0 Å². The Morgan fingerprint density at radius 2 is 1.53 bits per heavy atom. The van der Waals surface area contributed by atoms with Crippen LogP contribution in [0, 0.1) is 0 Å². The first-order valence-corrected chi connectivity index (χ1v) is 7.82. The molecular formula is C15H10BBr2N. The Morgan fingerprint density at radius 1 is 0.789 bits per heavy atom. The van der Waals surface area contributed by atoms with Crippen molar-refractivity contribution in [3.05, 3.63) is 60.7 Å². The predicted octanol–water partition coefficient (Wildman–Crippen LogP) is 4.39. The molecule has 0 N–H and O–H groups in total. The van der Waals surface area contributed by atoms with Gasteiger partial charge in [-0.25, -0.2) is 4.98 Å². The molecule has 0 atom stereocenters. The lowest BCUT2D eigenvalue weighted by molar-refractivity contribution is 1.41. The Labute approximate surface area is 129 Å². The zero-order chi connectivity index (χ0) is 13.2. The lowest BCUT2D eigenvalue weighted by Gasteiger charge is -2.09. The molecule has 92 valence electrons. The number of hydrogen-bond acceptors (Lipinski definition) is 1. The van der Waals surface area contributed by atoms with Gasteiger partial charge in [0, 0.05) is 5.39 Å². The van der Waals surface area contributed by atoms with E-state index in [-0.39, 0.29) is 4.36 Å². The standard InChI is InChI=1S/C15H10BBr2N/c17-16(18)13-7-3-2-6-12(13)15-10-9-11-5-1-4-8-14(11)19-15/h1-10H. The van der Waals surface area contributed by atoms with E-state index in [0.717, 1.165) is 22.2 Å². The zero-order valence-corrected chi connectivity index (χ0v) is 13.2.